The molecule has 3 nitrogen and oxygen atoms in total. The van der Waals surface area contributed by atoms with E-state index in [9.17, 15) is 0 Å². The van der Waals surface area contributed by atoms with Crippen LogP contribution in [0.15, 0.2) is 0 Å². The van der Waals surface area contributed by atoms with Crippen LogP contribution in [0.4, 0.5) is 0 Å². The molecule has 0 aliphatic carbocycles. The molecular formula is C9H17IO3. The lowest BCUT2D eigenvalue weighted by molar-refractivity contribution is -0.220. The van der Waals surface area contributed by atoms with Gasteiger partial charge in [-0.1, -0.05) is 22.6 Å². The van der Waals surface area contributed by atoms with E-state index in [1.807, 2.05) is 0 Å². The monoisotopic (exact) mass is 300 g/mol. The first-order valence-corrected chi connectivity index (χ1v) is 5.65. The van der Waals surface area contributed by atoms with Crippen molar-refractivity contribution in [2.24, 2.45) is 0 Å². The van der Waals surface area contributed by atoms with Crippen LogP contribution in [0.5, 0.6) is 0 Å². The van der Waals surface area contributed by atoms with Gasteiger partial charge in [-0.15, -0.1) is 0 Å². The normalized spacial score (nSPS) is 46.4. The van der Waals surface area contributed by atoms with Gasteiger partial charge in [-0.2, -0.15) is 0 Å². The zero-order valence-corrected chi connectivity index (χ0v) is 10.7. The van der Waals surface area contributed by atoms with Crippen LogP contribution in [0, 0.1) is 0 Å². The lowest BCUT2D eigenvalue weighted by Crippen LogP contribution is -2.53. The van der Waals surface area contributed by atoms with Gasteiger partial charge in [-0.3, -0.25) is 0 Å². The Bertz CT molecular complexity index is 176. The molecule has 0 aromatic carbocycles. The Morgan fingerprint density at radius 2 is 2.08 bits per heavy atom. The van der Waals surface area contributed by atoms with Crippen molar-refractivity contribution in [3.05, 3.63) is 0 Å². The van der Waals surface area contributed by atoms with Gasteiger partial charge in [-0.25, -0.2) is 0 Å². The fourth-order valence-electron chi connectivity index (χ4n) is 1.63. The van der Waals surface area contributed by atoms with E-state index >= 15 is 0 Å². The van der Waals surface area contributed by atoms with Crippen LogP contribution >= 0.6 is 22.6 Å². The van der Waals surface area contributed by atoms with Crippen molar-refractivity contribution in [3.8, 4) is 0 Å². The van der Waals surface area contributed by atoms with Crippen molar-refractivity contribution in [1.29, 1.82) is 0 Å². The molecule has 13 heavy (non-hydrogen) atoms. The Labute approximate surface area is 93.3 Å². The highest BCUT2D eigenvalue weighted by Crippen LogP contribution is 2.36. The molecule has 1 rings (SSSR count). The van der Waals surface area contributed by atoms with Crippen LogP contribution in [0.1, 0.15) is 20.3 Å². The quantitative estimate of drug-likeness (QED) is 0.576. The summed E-state index contributed by atoms with van der Waals surface area (Å²) in [5, 5.41) is 0. The molecule has 0 N–H and O–H groups in total. The van der Waals surface area contributed by atoms with Crippen LogP contribution in [0.2, 0.25) is 0 Å². The minimum absolute atomic E-state index is 0.133. The summed E-state index contributed by atoms with van der Waals surface area (Å²) in [6, 6.07) is 0. The Morgan fingerprint density at radius 3 is 2.54 bits per heavy atom. The average molecular weight is 300 g/mol. The first-order valence-electron chi connectivity index (χ1n) is 4.41. The van der Waals surface area contributed by atoms with Crippen molar-refractivity contribution in [2.75, 3.05) is 14.2 Å². The van der Waals surface area contributed by atoms with Crippen LogP contribution in [0.3, 0.4) is 0 Å². The van der Waals surface area contributed by atoms with E-state index in [4.69, 9.17) is 14.2 Å². The lowest BCUT2D eigenvalue weighted by atomic mass is 9.92. The first kappa shape index (κ1) is 11.7. The molecule has 1 unspecified atom stereocenters. The van der Waals surface area contributed by atoms with Gasteiger partial charge >= 0.3 is 0 Å². The largest absolute Gasteiger partial charge is 0.377 e. The third kappa shape index (κ3) is 2.34. The molecule has 0 radical (unpaired) electrons. The molecule has 1 saturated heterocycles. The van der Waals surface area contributed by atoms with Crippen LogP contribution in [-0.2, 0) is 14.2 Å². The van der Waals surface area contributed by atoms with Crippen molar-refractivity contribution >= 4 is 22.6 Å². The van der Waals surface area contributed by atoms with E-state index in [1.54, 1.807) is 14.2 Å². The molecule has 0 aromatic rings. The minimum atomic E-state index is -0.140. The van der Waals surface area contributed by atoms with Gasteiger partial charge in [0, 0.05) is 20.6 Å². The molecule has 1 aliphatic rings. The predicted molar refractivity (Wildman–Crippen MR) is 59.2 cm³/mol. The van der Waals surface area contributed by atoms with Gasteiger partial charge in [0.1, 0.15) is 0 Å². The van der Waals surface area contributed by atoms with Crippen LogP contribution in [0.25, 0.3) is 0 Å². The van der Waals surface area contributed by atoms with Crippen molar-refractivity contribution in [2.45, 2.75) is 42.2 Å². The third-order valence-corrected chi connectivity index (χ3v) is 4.99. The Balaban J connectivity index is 2.71. The Kier molecular flexibility index (Phi) is 3.97. The zero-order chi connectivity index (χ0) is 10.1. The Morgan fingerprint density at radius 1 is 1.46 bits per heavy atom. The standard InChI is InChI=1S/C9H17IO3/c1-6-8(10)9(2,12-4)5-7(11-3)13-6/h6-8H,5H2,1-4H3/t6-,7+,8?,9+/m0/s1. The lowest BCUT2D eigenvalue weighted by Gasteiger charge is -2.43. The van der Waals surface area contributed by atoms with Crippen molar-refractivity contribution in [1.82, 2.24) is 0 Å². The fraction of sp³-hybridized carbons (Fsp3) is 1.00. The number of methoxy groups -OCH3 is 2. The minimum Gasteiger partial charge on any atom is -0.377 e. The van der Waals surface area contributed by atoms with Gasteiger partial charge < -0.3 is 14.2 Å². The second-order valence-electron chi connectivity index (χ2n) is 3.63. The highest BCUT2D eigenvalue weighted by atomic mass is 127. The second-order valence-corrected chi connectivity index (χ2v) is 4.97. The zero-order valence-electron chi connectivity index (χ0n) is 8.54. The number of alkyl halides is 1. The van der Waals surface area contributed by atoms with Gasteiger partial charge in [-0.05, 0) is 13.8 Å². The summed E-state index contributed by atoms with van der Waals surface area (Å²) in [6.45, 7) is 4.16. The number of hydrogen-bond acceptors (Lipinski definition) is 3. The average Bonchev–Trinajstić information content (AvgIpc) is 2.13. The predicted octanol–water partition coefficient (Wildman–Crippen LogP) is 1.98. The highest BCUT2D eigenvalue weighted by Gasteiger charge is 2.44. The maximum absolute atomic E-state index is 5.64. The summed E-state index contributed by atoms with van der Waals surface area (Å²) < 4.78 is 16.7. The van der Waals surface area contributed by atoms with Gasteiger partial charge in [0.15, 0.2) is 6.29 Å². The van der Waals surface area contributed by atoms with Gasteiger partial charge in [0.05, 0.1) is 15.6 Å². The molecule has 0 saturated carbocycles. The summed E-state index contributed by atoms with van der Waals surface area (Å²) >= 11 is 2.38. The van der Waals surface area contributed by atoms with E-state index in [0.717, 1.165) is 6.42 Å². The van der Waals surface area contributed by atoms with E-state index in [0.29, 0.717) is 3.92 Å². The molecular weight excluding hydrogens is 283 g/mol. The molecule has 1 fully saturated rings. The molecule has 4 heteroatoms. The van der Waals surface area contributed by atoms with Gasteiger partial charge in [0.2, 0.25) is 0 Å². The molecule has 0 aromatic heterocycles. The maximum atomic E-state index is 5.64. The number of halogens is 1. The SMILES string of the molecule is CO[C@H]1C[C@@](C)(OC)C(I)[C@H](C)O1. The van der Waals surface area contributed by atoms with Crippen LogP contribution in [-0.4, -0.2) is 36.1 Å². The molecule has 0 spiro atoms. The summed E-state index contributed by atoms with van der Waals surface area (Å²) in [6.07, 6.45) is 0.827. The number of rotatable bonds is 2. The molecule has 1 aliphatic heterocycles. The fourth-order valence-corrected chi connectivity index (χ4v) is 2.31. The second kappa shape index (κ2) is 4.42. The molecule has 78 valence electrons. The Hall–Kier alpha value is 0.610. The first-order chi connectivity index (χ1) is 6.03. The van der Waals surface area contributed by atoms with Crippen molar-refractivity contribution in [3.63, 3.8) is 0 Å². The van der Waals surface area contributed by atoms with E-state index in [1.165, 1.54) is 0 Å². The number of hydrogen-bond donors (Lipinski definition) is 0. The summed E-state index contributed by atoms with van der Waals surface area (Å²) in [7, 11) is 3.41. The maximum Gasteiger partial charge on any atom is 0.160 e. The summed E-state index contributed by atoms with van der Waals surface area (Å²) in [5.41, 5.74) is -0.140. The van der Waals surface area contributed by atoms with E-state index in [2.05, 4.69) is 36.4 Å². The van der Waals surface area contributed by atoms with Crippen molar-refractivity contribution < 1.29 is 14.2 Å². The third-order valence-electron chi connectivity index (χ3n) is 2.66. The molecule has 4 atom stereocenters. The summed E-state index contributed by atoms with van der Waals surface area (Å²) in [4.78, 5) is 0. The van der Waals surface area contributed by atoms with E-state index in [-0.39, 0.29) is 18.0 Å². The number of ether oxygens (including phenoxy) is 3. The highest BCUT2D eigenvalue weighted by molar-refractivity contribution is 14.1. The van der Waals surface area contributed by atoms with E-state index < -0.39 is 0 Å². The van der Waals surface area contributed by atoms with Crippen LogP contribution < -0.4 is 0 Å². The summed E-state index contributed by atoms with van der Waals surface area (Å²) in [5.74, 6) is 0. The molecule has 0 amide bonds. The van der Waals surface area contributed by atoms with Gasteiger partial charge in [0.25, 0.3) is 0 Å². The topological polar surface area (TPSA) is 27.7 Å². The smallest absolute Gasteiger partial charge is 0.160 e. The molecule has 1 heterocycles. The molecule has 0 bridgehead atoms.